The number of guanidine groups is 1. The van der Waals surface area contributed by atoms with E-state index < -0.39 is 0 Å². The fourth-order valence-corrected chi connectivity index (χ4v) is 1.35. The molecule has 13 heavy (non-hydrogen) atoms. The molecule has 0 aliphatic heterocycles. The van der Waals surface area contributed by atoms with E-state index >= 15 is 0 Å². The zero-order chi connectivity index (χ0) is 9.68. The van der Waals surface area contributed by atoms with Crippen molar-refractivity contribution in [1.82, 2.24) is 0 Å². The average Bonchev–Trinajstić information content (AvgIpc) is 2.52. The molecule has 0 saturated carbocycles. The van der Waals surface area contributed by atoms with Gasteiger partial charge in [0, 0.05) is 4.88 Å². The molecule has 0 atom stereocenters. The number of rotatable bonds is 3. The monoisotopic (exact) mass is 196 g/mol. The van der Waals surface area contributed by atoms with Crippen molar-refractivity contribution in [2.24, 2.45) is 21.7 Å². The van der Waals surface area contributed by atoms with Gasteiger partial charge in [0.25, 0.3) is 0 Å². The first-order chi connectivity index (χ1) is 6.22. The Morgan fingerprint density at radius 2 is 2.08 bits per heavy atom. The summed E-state index contributed by atoms with van der Waals surface area (Å²) in [6, 6.07) is 3.47. The highest BCUT2D eigenvalue weighted by Crippen LogP contribution is 2.11. The molecule has 0 bridgehead atoms. The number of hydrogen-bond acceptors (Lipinski definition) is 4. The zero-order valence-corrected chi connectivity index (χ0v) is 7.49. The van der Waals surface area contributed by atoms with Gasteiger partial charge in [-0.3, -0.25) is 4.79 Å². The van der Waals surface area contributed by atoms with Crippen LogP contribution in [0, 0.1) is 0 Å². The normalized spacial score (nSPS) is 10.2. The van der Waals surface area contributed by atoms with Crippen LogP contribution in [0.15, 0.2) is 22.3 Å². The van der Waals surface area contributed by atoms with Crippen LogP contribution in [0.5, 0.6) is 0 Å². The van der Waals surface area contributed by atoms with Crippen molar-refractivity contribution in [3.8, 4) is 0 Å². The number of nitrogens with zero attached hydrogens (tertiary/aromatic N) is 2. The Hall–Kier alpha value is -1.69. The maximum absolute atomic E-state index is 10.3. The molecule has 0 aromatic carbocycles. The molecule has 0 amide bonds. The van der Waals surface area contributed by atoms with Gasteiger partial charge in [-0.25, -0.2) is 0 Å². The molecule has 0 unspecified atom stereocenters. The molecule has 1 heterocycles. The van der Waals surface area contributed by atoms with Crippen LogP contribution in [0.25, 0.3) is 0 Å². The van der Waals surface area contributed by atoms with Crippen LogP contribution in [-0.2, 0) is 0 Å². The van der Waals surface area contributed by atoms with Crippen molar-refractivity contribution in [3.05, 3.63) is 21.9 Å². The summed E-state index contributed by atoms with van der Waals surface area (Å²) in [6.45, 7) is 0. The molecule has 0 aliphatic carbocycles. The van der Waals surface area contributed by atoms with E-state index in [0.717, 1.165) is 11.2 Å². The van der Waals surface area contributed by atoms with Gasteiger partial charge < -0.3 is 11.5 Å². The number of carbonyl (C=O) groups excluding carboxylic acids is 1. The van der Waals surface area contributed by atoms with Gasteiger partial charge in [0.1, 0.15) is 0 Å². The lowest BCUT2D eigenvalue weighted by atomic mass is 10.4. The van der Waals surface area contributed by atoms with Crippen LogP contribution in [0.1, 0.15) is 14.5 Å². The first kappa shape index (κ1) is 9.40. The van der Waals surface area contributed by atoms with Crippen molar-refractivity contribution in [1.29, 1.82) is 0 Å². The fraction of sp³-hybridized carbons (Fsp3) is 0. The van der Waals surface area contributed by atoms with Crippen molar-refractivity contribution in [2.45, 2.75) is 0 Å². The highest BCUT2D eigenvalue weighted by Gasteiger charge is 1.94. The lowest BCUT2D eigenvalue weighted by Gasteiger charge is -1.82. The average molecular weight is 196 g/mol. The summed E-state index contributed by atoms with van der Waals surface area (Å²) < 4.78 is 0. The maximum Gasteiger partial charge on any atom is 0.211 e. The Morgan fingerprint density at radius 1 is 1.38 bits per heavy atom. The number of aldehydes is 1. The molecule has 1 aromatic heterocycles. The zero-order valence-electron chi connectivity index (χ0n) is 6.68. The van der Waals surface area contributed by atoms with Crippen LogP contribution < -0.4 is 11.5 Å². The molecular formula is C7H8N4OS. The number of hydrogen-bond donors (Lipinski definition) is 2. The van der Waals surface area contributed by atoms with Gasteiger partial charge in [0.15, 0.2) is 6.29 Å². The van der Waals surface area contributed by atoms with E-state index in [1.807, 2.05) is 0 Å². The Balaban J connectivity index is 2.69. The van der Waals surface area contributed by atoms with E-state index in [-0.39, 0.29) is 5.96 Å². The summed E-state index contributed by atoms with van der Waals surface area (Å²) in [5, 5.41) is 7.01. The number of thiophene rings is 1. The van der Waals surface area contributed by atoms with E-state index in [1.165, 1.54) is 17.6 Å². The third-order valence-corrected chi connectivity index (χ3v) is 2.07. The molecule has 0 spiro atoms. The second-order valence-electron chi connectivity index (χ2n) is 2.13. The van der Waals surface area contributed by atoms with Crippen molar-refractivity contribution in [3.63, 3.8) is 0 Å². The molecule has 4 N–H and O–H groups in total. The predicted octanol–water partition coefficient (Wildman–Crippen LogP) is 0.168. The van der Waals surface area contributed by atoms with E-state index in [9.17, 15) is 4.79 Å². The lowest BCUT2D eigenvalue weighted by Crippen LogP contribution is -2.21. The third kappa shape index (κ3) is 3.04. The highest BCUT2D eigenvalue weighted by atomic mass is 32.1. The molecule has 0 aliphatic rings. The summed E-state index contributed by atoms with van der Waals surface area (Å²) in [5.41, 5.74) is 10.1. The second-order valence-corrected chi connectivity index (χ2v) is 3.27. The minimum absolute atomic E-state index is 0.0941. The summed E-state index contributed by atoms with van der Waals surface area (Å²) >= 11 is 1.32. The first-order valence-electron chi connectivity index (χ1n) is 3.39. The van der Waals surface area contributed by atoms with Gasteiger partial charge in [-0.1, -0.05) is 0 Å². The maximum atomic E-state index is 10.3. The Bertz CT molecular complexity index is 351. The summed E-state index contributed by atoms with van der Waals surface area (Å²) in [7, 11) is 0. The van der Waals surface area contributed by atoms with E-state index in [0.29, 0.717) is 4.88 Å². The Labute approximate surface area is 78.8 Å². The van der Waals surface area contributed by atoms with E-state index in [2.05, 4.69) is 10.2 Å². The topological polar surface area (TPSA) is 93.8 Å². The standard InChI is InChI=1S/C7H8N4OS/c8-7(9)11-10-3-5-1-2-6(4-12)13-5/h1-4H,(H4,8,9,11). The molecule has 68 valence electrons. The lowest BCUT2D eigenvalue weighted by molar-refractivity contribution is 0.112. The second kappa shape index (κ2) is 4.36. The van der Waals surface area contributed by atoms with Gasteiger partial charge in [0.05, 0.1) is 11.1 Å². The van der Waals surface area contributed by atoms with Gasteiger partial charge in [0.2, 0.25) is 5.96 Å². The Kier molecular flexibility index (Phi) is 3.15. The molecule has 5 nitrogen and oxygen atoms in total. The van der Waals surface area contributed by atoms with E-state index in [4.69, 9.17) is 11.5 Å². The summed E-state index contributed by atoms with van der Waals surface area (Å²) in [6.07, 6.45) is 2.26. The molecule has 1 rings (SSSR count). The van der Waals surface area contributed by atoms with Gasteiger partial charge in [-0.2, -0.15) is 5.10 Å². The van der Waals surface area contributed by atoms with Crippen molar-refractivity contribution < 1.29 is 4.79 Å². The molecule has 6 heteroatoms. The highest BCUT2D eigenvalue weighted by molar-refractivity contribution is 7.15. The van der Waals surface area contributed by atoms with Crippen LogP contribution in [-0.4, -0.2) is 18.5 Å². The van der Waals surface area contributed by atoms with Gasteiger partial charge in [-0.05, 0) is 12.1 Å². The number of carbonyl (C=O) groups is 1. The Morgan fingerprint density at radius 3 is 2.62 bits per heavy atom. The molecule has 0 radical (unpaired) electrons. The van der Waals surface area contributed by atoms with Crippen LogP contribution >= 0.6 is 11.3 Å². The SMILES string of the molecule is NC(N)=NN=Cc1ccc(C=O)s1. The fourth-order valence-electron chi connectivity index (χ4n) is 0.654. The number of nitrogens with two attached hydrogens (primary N) is 2. The quantitative estimate of drug-likeness (QED) is 0.312. The van der Waals surface area contributed by atoms with Crippen LogP contribution in [0.3, 0.4) is 0 Å². The molecular weight excluding hydrogens is 188 g/mol. The minimum atomic E-state index is -0.0941. The smallest absolute Gasteiger partial charge is 0.211 e. The van der Waals surface area contributed by atoms with E-state index in [1.54, 1.807) is 12.1 Å². The minimum Gasteiger partial charge on any atom is -0.369 e. The van der Waals surface area contributed by atoms with Crippen LogP contribution in [0.2, 0.25) is 0 Å². The summed E-state index contributed by atoms with van der Waals surface area (Å²) in [4.78, 5) is 11.8. The molecule has 1 aromatic rings. The van der Waals surface area contributed by atoms with Crippen molar-refractivity contribution in [2.75, 3.05) is 0 Å². The first-order valence-corrected chi connectivity index (χ1v) is 4.21. The molecule has 0 saturated heterocycles. The predicted molar refractivity (Wildman–Crippen MR) is 53.1 cm³/mol. The van der Waals surface area contributed by atoms with Gasteiger partial charge >= 0.3 is 0 Å². The van der Waals surface area contributed by atoms with Crippen LogP contribution in [0.4, 0.5) is 0 Å². The summed E-state index contributed by atoms with van der Waals surface area (Å²) in [5.74, 6) is -0.0941. The van der Waals surface area contributed by atoms with Gasteiger partial charge in [-0.15, -0.1) is 16.4 Å². The third-order valence-electron chi connectivity index (χ3n) is 1.12. The largest absolute Gasteiger partial charge is 0.369 e. The molecule has 0 fully saturated rings. The van der Waals surface area contributed by atoms with Crippen molar-refractivity contribution >= 4 is 29.8 Å².